The number of fused-ring (bicyclic) bond motifs is 1. The molecule has 0 fully saturated rings. The van der Waals surface area contributed by atoms with Crippen LogP contribution in [0.5, 0.6) is 17.2 Å². The molecule has 2 atom stereocenters. The van der Waals surface area contributed by atoms with Gasteiger partial charge in [-0.25, -0.2) is 9.52 Å². The van der Waals surface area contributed by atoms with Gasteiger partial charge in [0.15, 0.2) is 11.5 Å². The summed E-state index contributed by atoms with van der Waals surface area (Å²) in [6.45, 7) is 0.0527. The van der Waals surface area contributed by atoms with E-state index in [9.17, 15) is 22.8 Å². The van der Waals surface area contributed by atoms with E-state index >= 15 is 0 Å². The van der Waals surface area contributed by atoms with Crippen LogP contribution in [0.3, 0.4) is 0 Å². The molecule has 14 heteroatoms. The van der Waals surface area contributed by atoms with Gasteiger partial charge in [-0.1, -0.05) is 60.7 Å². The van der Waals surface area contributed by atoms with Crippen LogP contribution in [0.2, 0.25) is 0 Å². The lowest BCUT2D eigenvalue weighted by molar-refractivity contribution is -0.120. The minimum absolute atomic E-state index is 0.0120. The molecule has 0 radical (unpaired) electrons. The molecular weight excluding hydrogens is 662 g/mol. The highest BCUT2D eigenvalue weighted by atomic mass is 32.2. The zero-order chi connectivity index (χ0) is 35.7. The fraction of sp³-hybridized carbons (Fsp3) is 0.250. The van der Waals surface area contributed by atoms with Crippen LogP contribution in [0.15, 0.2) is 103 Å². The highest BCUT2D eigenvalue weighted by Gasteiger charge is 2.31. The van der Waals surface area contributed by atoms with Gasteiger partial charge in [-0.15, -0.1) is 0 Å². The van der Waals surface area contributed by atoms with Crippen LogP contribution in [0, 0.1) is 0 Å². The summed E-state index contributed by atoms with van der Waals surface area (Å²) < 4.78 is 47.1. The van der Waals surface area contributed by atoms with Gasteiger partial charge in [0.25, 0.3) is 0 Å². The number of benzene rings is 4. The summed E-state index contributed by atoms with van der Waals surface area (Å²) in [6.07, 6.45) is 0.598. The molecule has 0 unspecified atom stereocenters. The van der Waals surface area contributed by atoms with Crippen molar-refractivity contribution in [2.24, 2.45) is 0 Å². The number of ether oxygens (including phenoxy) is 3. The Kier molecular flexibility index (Phi) is 11.6. The molecule has 0 aliphatic carbocycles. The van der Waals surface area contributed by atoms with Gasteiger partial charge in [-0.3, -0.25) is 9.59 Å². The number of hydrogen-bond donors (Lipinski definition) is 3. The predicted molar refractivity (Wildman–Crippen MR) is 189 cm³/mol. The highest BCUT2D eigenvalue weighted by Crippen LogP contribution is 2.35. The third-order valence-electron chi connectivity index (χ3n) is 8.14. The molecule has 13 nitrogen and oxygen atoms in total. The zero-order valence-electron chi connectivity index (χ0n) is 27.9. The molecule has 50 heavy (non-hydrogen) atoms. The van der Waals surface area contributed by atoms with Crippen LogP contribution in [-0.4, -0.2) is 66.3 Å². The summed E-state index contributed by atoms with van der Waals surface area (Å²) in [7, 11) is -0.0259. The summed E-state index contributed by atoms with van der Waals surface area (Å²) in [5, 5.41) is 2.53. The largest absolute Gasteiger partial charge is 0.497 e. The normalized spacial score (nSPS) is 13.1. The van der Waals surface area contributed by atoms with Gasteiger partial charge >= 0.3 is 16.2 Å². The average molecular weight is 702 g/mol. The van der Waals surface area contributed by atoms with Crippen molar-refractivity contribution in [1.29, 1.82) is 0 Å². The lowest BCUT2D eigenvalue weighted by atomic mass is 10.0. The highest BCUT2D eigenvalue weighted by molar-refractivity contribution is 7.88. The standard InChI is InChI=1S/C36H39N5O8S/c1-40(27-15-18-29(47-3)19-16-27)34(42)30(20-14-25-10-6-4-7-11-25)37-36(44)39-50(45,46)38-31(22-26-12-8-5-9-13-26)35(43)41(2)28-17-21-32-33(23-28)49-24-48-32/h4-13,15-19,21,23,30-31,38H,14,20,22,24H2,1-3H3,(H2,37,39,44)/t30-,31-/m0/s1. The number of hydrogen-bond acceptors (Lipinski definition) is 8. The lowest BCUT2D eigenvalue weighted by Crippen LogP contribution is -2.56. The second-order valence-corrected chi connectivity index (χ2v) is 13.0. The van der Waals surface area contributed by atoms with Gasteiger partial charge in [0.05, 0.1) is 7.11 Å². The van der Waals surface area contributed by atoms with Crippen LogP contribution in [-0.2, 0) is 32.6 Å². The second kappa shape index (κ2) is 16.2. The van der Waals surface area contributed by atoms with Crippen LogP contribution < -0.4 is 38.8 Å². The van der Waals surface area contributed by atoms with Crippen LogP contribution in [0.1, 0.15) is 17.5 Å². The molecular formula is C36H39N5O8S. The van der Waals surface area contributed by atoms with E-state index in [0.29, 0.717) is 40.6 Å². The summed E-state index contributed by atoms with van der Waals surface area (Å²) >= 11 is 0. The smallest absolute Gasteiger partial charge is 0.330 e. The number of nitrogens with zero attached hydrogens (tertiary/aromatic N) is 2. The SMILES string of the molecule is COc1ccc(N(C)C(=O)[C@H](CCc2ccccc2)NC(=O)NS(=O)(=O)N[C@@H](Cc2ccccc2)C(=O)N(C)c2ccc3c(c2)OCO3)cc1. The fourth-order valence-electron chi connectivity index (χ4n) is 5.39. The van der Waals surface area contributed by atoms with E-state index in [1.54, 1.807) is 79.8 Å². The molecule has 0 aromatic heterocycles. The molecule has 0 spiro atoms. The van der Waals surface area contributed by atoms with Crippen molar-refractivity contribution >= 4 is 39.4 Å². The summed E-state index contributed by atoms with van der Waals surface area (Å²) in [5.41, 5.74) is 2.61. The maximum absolute atomic E-state index is 13.8. The number of amides is 4. The predicted octanol–water partition coefficient (Wildman–Crippen LogP) is 3.80. The van der Waals surface area contributed by atoms with Crippen LogP contribution in [0.4, 0.5) is 16.2 Å². The van der Waals surface area contributed by atoms with Gasteiger partial charge in [0.1, 0.15) is 17.8 Å². The number of carbonyl (C=O) groups is 3. The van der Waals surface area contributed by atoms with Gasteiger partial charge in [-0.2, -0.15) is 13.1 Å². The fourth-order valence-corrected chi connectivity index (χ4v) is 6.31. The van der Waals surface area contributed by atoms with Crippen molar-refractivity contribution < 1.29 is 37.0 Å². The minimum atomic E-state index is -4.63. The third kappa shape index (κ3) is 9.30. The maximum Gasteiger partial charge on any atom is 0.330 e. The van der Waals surface area contributed by atoms with Crippen molar-refractivity contribution in [2.75, 3.05) is 37.8 Å². The topological polar surface area (TPSA) is 156 Å². The van der Waals surface area contributed by atoms with Crippen molar-refractivity contribution in [3.63, 3.8) is 0 Å². The molecule has 1 aliphatic heterocycles. The molecule has 262 valence electrons. The molecule has 0 saturated heterocycles. The van der Waals surface area contributed by atoms with Crippen molar-refractivity contribution in [3.8, 4) is 17.2 Å². The molecule has 0 saturated carbocycles. The van der Waals surface area contributed by atoms with Gasteiger partial charge in [0, 0.05) is 31.5 Å². The van der Waals surface area contributed by atoms with Crippen LogP contribution in [0.25, 0.3) is 0 Å². The molecule has 1 heterocycles. The van der Waals surface area contributed by atoms with E-state index in [1.165, 1.54) is 24.0 Å². The molecule has 4 amide bonds. The molecule has 3 N–H and O–H groups in total. The number of urea groups is 1. The van der Waals surface area contributed by atoms with E-state index < -0.39 is 40.1 Å². The Labute approximate surface area is 291 Å². The van der Waals surface area contributed by atoms with E-state index in [0.717, 1.165) is 5.56 Å². The maximum atomic E-state index is 13.8. The zero-order valence-corrected chi connectivity index (χ0v) is 28.7. The number of aryl methyl sites for hydroxylation is 1. The molecule has 4 aromatic carbocycles. The van der Waals surface area contributed by atoms with Crippen molar-refractivity contribution in [2.45, 2.75) is 31.3 Å². The summed E-state index contributed by atoms with van der Waals surface area (Å²) in [6, 6.07) is 26.5. The van der Waals surface area contributed by atoms with E-state index in [4.69, 9.17) is 14.2 Å². The van der Waals surface area contributed by atoms with E-state index in [2.05, 4.69) is 10.0 Å². The Hall–Kier alpha value is -5.60. The Morgan fingerprint density at radius 3 is 2.00 bits per heavy atom. The number of methoxy groups -OCH3 is 1. The van der Waals surface area contributed by atoms with E-state index in [1.807, 2.05) is 35.1 Å². The Morgan fingerprint density at radius 1 is 0.760 bits per heavy atom. The summed E-state index contributed by atoms with van der Waals surface area (Å²) in [5.74, 6) is 0.540. The number of rotatable bonds is 14. The number of anilines is 2. The van der Waals surface area contributed by atoms with Gasteiger partial charge in [-0.05, 0) is 66.8 Å². The monoisotopic (exact) mass is 701 g/mol. The molecule has 0 bridgehead atoms. The first-order valence-corrected chi connectivity index (χ1v) is 17.3. The second-order valence-electron chi connectivity index (χ2n) is 11.5. The first-order chi connectivity index (χ1) is 24.0. The lowest BCUT2D eigenvalue weighted by Gasteiger charge is -2.26. The van der Waals surface area contributed by atoms with Crippen molar-refractivity contribution in [1.82, 2.24) is 14.8 Å². The number of likely N-dealkylation sites (N-methyl/N-ethyl adjacent to an activating group) is 2. The Morgan fingerprint density at radius 2 is 1.34 bits per heavy atom. The third-order valence-corrected chi connectivity index (χ3v) is 9.19. The Balaban J connectivity index is 1.31. The number of carbonyl (C=O) groups excluding carboxylic acids is 3. The van der Waals surface area contributed by atoms with E-state index in [-0.39, 0.29) is 19.6 Å². The Bertz CT molecular complexity index is 1890. The first-order valence-electron chi connectivity index (χ1n) is 15.8. The molecule has 4 aromatic rings. The number of nitrogens with one attached hydrogen (secondary N) is 3. The molecule has 1 aliphatic rings. The minimum Gasteiger partial charge on any atom is -0.497 e. The van der Waals surface area contributed by atoms with Crippen LogP contribution >= 0.6 is 0 Å². The quantitative estimate of drug-likeness (QED) is 0.179. The van der Waals surface area contributed by atoms with Gasteiger partial charge < -0.3 is 29.3 Å². The average Bonchev–Trinajstić information content (AvgIpc) is 3.60. The summed E-state index contributed by atoms with van der Waals surface area (Å²) in [4.78, 5) is 43.4. The molecule has 5 rings (SSSR count). The van der Waals surface area contributed by atoms with Crippen molar-refractivity contribution in [3.05, 3.63) is 114 Å². The first kappa shape index (κ1) is 35.7. The van der Waals surface area contributed by atoms with Gasteiger partial charge in [0.2, 0.25) is 18.6 Å².